The third-order valence-corrected chi connectivity index (χ3v) is 4.24. The second kappa shape index (κ2) is 6.87. The van der Waals surface area contributed by atoms with E-state index in [4.69, 9.17) is 4.74 Å². The Morgan fingerprint density at radius 1 is 1.14 bits per heavy atom. The van der Waals surface area contributed by atoms with Gasteiger partial charge in [0.15, 0.2) is 0 Å². The fourth-order valence-electron chi connectivity index (χ4n) is 2.06. The minimum Gasteiger partial charge on any atom is -0.497 e. The maximum Gasteiger partial charge on any atom is 0.346 e. The van der Waals surface area contributed by atoms with Gasteiger partial charge in [-0.3, -0.25) is 9.88 Å². The molecule has 0 radical (unpaired) electrons. The van der Waals surface area contributed by atoms with Gasteiger partial charge in [0.05, 0.1) is 7.11 Å². The quantitative estimate of drug-likeness (QED) is 0.715. The van der Waals surface area contributed by atoms with Crippen molar-refractivity contribution in [2.24, 2.45) is 0 Å². The lowest BCUT2D eigenvalue weighted by atomic mass is 10.2. The molecule has 0 saturated carbocycles. The van der Waals surface area contributed by atoms with Crippen molar-refractivity contribution in [2.45, 2.75) is 12.3 Å². The molecule has 5 nitrogen and oxygen atoms in total. The van der Waals surface area contributed by atoms with Crippen LogP contribution in [0.2, 0.25) is 0 Å². The highest BCUT2D eigenvalue weighted by molar-refractivity contribution is 7.52. The van der Waals surface area contributed by atoms with Gasteiger partial charge in [0, 0.05) is 6.54 Å². The summed E-state index contributed by atoms with van der Waals surface area (Å²) in [5.41, 5.74) is 1.46. The average Bonchev–Trinajstić information content (AvgIpc) is 2.47. The van der Waals surface area contributed by atoms with Gasteiger partial charge in [0.2, 0.25) is 0 Å². The van der Waals surface area contributed by atoms with Crippen LogP contribution in [0, 0.1) is 0 Å². The number of nitrogens with one attached hydrogen (secondary N) is 1. The molecule has 0 aliphatic rings. The van der Waals surface area contributed by atoms with E-state index in [1.54, 1.807) is 31.4 Å². The highest BCUT2D eigenvalue weighted by Gasteiger charge is 2.29. The normalized spacial score (nSPS) is 12.9. The zero-order valence-corrected chi connectivity index (χ0v) is 12.5. The molecule has 2 aromatic rings. The van der Waals surface area contributed by atoms with Gasteiger partial charge in [0.25, 0.3) is 0 Å². The summed E-state index contributed by atoms with van der Waals surface area (Å²) in [6.45, 7) is 0.335. The topological polar surface area (TPSA) is 78.8 Å². The monoisotopic (exact) mass is 307 g/mol. The Morgan fingerprint density at radius 3 is 2.48 bits per heavy atom. The second-order valence-corrected chi connectivity index (χ2v) is 6.33. The van der Waals surface area contributed by atoms with Crippen LogP contribution in [0.4, 0.5) is 0 Å². The van der Waals surface area contributed by atoms with E-state index in [1.165, 1.54) is 0 Å². The SMILES string of the molecule is COc1cccc(CN[C@@H](c2ccccc2)P(=O)(O)O)c1. The van der Waals surface area contributed by atoms with Crippen LogP contribution in [-0.4, -0.2) is 16.9 Å². The number of rotatable bonds is 6. The lowest BCUT2D eigenvalue weighted by Crippen LogP contribution is -2.21. The van der Waals surface area contributed by atoms with E-state index in [0.717, 1.165) is 5.56 Å². The summed E-state index contributed by atoms with van der Waals surface area (Å²) in [7, 11) is -2.72. The summed E-state index contributed by atoms with van der Waals surface area (Å²) in [5.74, 6) is -0.313. The van der Waals surface area contributed by atoms with Gasteiger partial charge in [0.1, 0.15) is 11.5 Å². The van der Waals surface area contributed by atoms with Crippen LogP contribution in [0.15, 0.2) is 54.6 Å². The molecule has 6 heteroatoms. The molecule has 0 bridgehead atoms. The summed E-state index contributed by atoms with van der Waals surface area (Å²) in [6, 6.07) is 16.1. The molecule has 2 aromatic carbocycles. The van der Waals surface area contributed by atoms with Crippen molar-refractivity contribution in [1.29, 1.82) is 0 Å². The number of hydrogen-bond donors (Lipinski definition) is 3. The molecule has 0 fully saturated rings. The van der Waals surface area contributed by atoms with Crippen LogP contribution in [-0.2, 0) is 11.1 Å². The van der Waals surface area contributed by atoms with Crippen LogP contribution in [0.1, 0.15) is 16.9 Å². The van der Waals surface area contributed by atoms with Crippen molar-refractivity contribution in [3.63, 3.8) is 0 Å². The van der Waals surface area contributed by atoms with Gasteiger partial charge >= 0.3 is 7.60 Å². The first-order valence-electron chi connectivity index (χ1n) is 6.47. The Kier molecular flexibility index (Phi) is 5.15. The Bertz CT molecular complexity index is 627. The van der Waals surface area contributed by atoms with Gasteiger partial charge < -0.3 is 14.5 Å². The summed E-state index contributed by atoms with van der Waals surface area (Å²) in [6.07, 6.45) is 0. The average molecular weight is 307 g/mol. The van der Waals surface area contributed by atoms with Crippen LogP contribution in [0.5, 0.6) is 5.75 Å². The first-order valence-corrected chi connectivity index (χ1v) is 8.15. The molecule has 0 aliphatic carbocycles. The minimum absolute atomic E-state index is 0.335. The summed E-state index contributed by atoms with van der Waals surface area (Å²) >= 11 is 0. The Labute approximate surface area is 123 Å². The maximum absolute atomic E-state index is 11.7. The van der Waals surface area contributed by atoms with Crippen LogP contribution >= 0.6 is 7.60 Å². The summed E-state index contributed by atoms with van der Waals surface area (Å²) in [5, 5.41) is 2.92. The molecule has 1 atom stereocenters. The fourth-order valence-corrected chi connectivity index (χ4v) is 2.95. The van der Waals surface area contributed by atoms with Gasteiger partial charge in [-0.25, -0.2) is 0 Å². The van der Waals surface area contributed by atoms with Crippen LogP contribution in [0.25, 0.3) is 0 Å². The lowest BCUT2D eigenvalue weighted by molar-refractivity contribution is 0.347. The lowest BCUT2D eigenvalue weighted by Gasteiger charge is -2.20. The van der Waals surface area contributed by atoms with Crippen LogP contribution < -0.4 is 10.1 Å². The Morgan fingerprint density at radius 2 is 1.86 bits per heavy atom. The molecule has 0 aromatic heterocycles. The zero-order chi connectivity index (χ0) is 15.3. The zero-order valence-electron chi connectivity index (χ0n) is 11.6. The first kappa shape index (κ1) is 15.7. The van der Waals surface area contributed by atoms with E-state index < -0.39 is 13.4 Å². The van der Waals surface area contributed by atoms with Crippen molar-refractivity contribution in [2.75, 3.05) is 7.11 Å². The van der Waals surface area contributed by atoms with Crippen molar-refractivity contribution < 1.29 is 19.1 Å². The number of methoxy groups -OCH3 is 1. The van der Waals surface area contributed by atoms with Crippen molar-refractivity contribution in [3.8, 4) is 5.75 Å². The van der Waals surface area contributed by atoms with E-state index in [9.17, 15) is 14.4 Å². The van der Waals surface area contributed by atoms with Gasteiger partial charge in [-0.15, -0.1) is 0 Å². The van der Waals surface area contributed by atoms with E-state index >= 15 is 0 Å². The van der Waals surface area contributed by atoms with Crippen molar-refractivity contribution >= 4 is 7.60 Å². The number of hydrogen-bond acceptors (Lipinski definition) is 3. The van der Waals surface area contributed by atoms with Crippen molar-refractivity contribution in [1.82, 2.24) is 5.32 Å². The number of ether oxygens (including phenoxy) is 1. The molecule has 2 rings (SSSR count). The predicted molar refractivity (Wildman–Crippen MR) is 81.1 cm³/mol. The highest BCUT2D eigenvalue weighted by atomic mass is 31.2. The minimum atomic E-state index is -4.30. The van der Waals surface area contributed by atoms with E-state index in [1.807, 2.05) is 30.3 Å². The molecule has 0 spiro atoms. The van der Waals surface area contributed by atoms with Gasteiger partial charge in [-0.05, 0) is 23.3 Å². The third kappa shape index (κ3) is 4.41. The molecule has 0 heterocycles. The van der Waals surface area contributed by atoms with E-state index in [-0.39, 0.29) is 0 Å². The third-order valence-electron chi connectivity index (χ3n) is 3.09. The molecule has 112 valence electrons. The predicted octanol–water partition coefficient (Wildman–Crippen LogP) is 2.66. The molecular formula is C15H18NO4P. The van der Waals surface area contributed by atoms with E-state index in [2.05, 4.69) is 5.32 Å². The Hall–Kier alpha value is -1.65. The van der Waals surface area contributed by atoms with Gasteiger partial charge in [-0.1, -0.05) is 42.5 Å². The first-order chi connectivity index (χ1) is 10.0. The molecule has 21 heavy (non-hydrogen) atoms. The second-order valence-electron chi connectivity index (χ2n) is 4.63. The Balaban J connectivity index is 2.15. The highest BCUT2D eigenvalue weighted by Crippen LogP contribution is 2.49. The van der Waals surface area contributed by atoms with Crippen LogP contribution in [0.3, 0.4) is 0 Å². The molecule has 0 aliphatic heterocycles. The molecule has 0 amide bonds. The standard InChI is InChI=1S/C15H18NO4P/c1-20-14-9-5-6-12(10-14)11-16-15(21(17,18)19)13-7-3-2-4-8-13/h2-10,15-16H,11H2,1H3,(H2,17,18,19)/t15-/m1/s1. The van der Waals surface area contributed by atoms with E-state index in [0.29, 0.717) is 17.9 Å². The molecule has 3 N–H and O–H groups in total. The van der Waals surface area contributed by atoms with Crippen molar-refractivity contribution in [3.05, 3.63) is 65.7 Å². The molecule has 0 saturated heterocycles. The maximum atomic E-state index is 11.7. The largest absolute Gasteiger partial charge is 0.497 e. The summed E-state index contributed by atoms with van der Waals surface area (Å²) < 4.78 is 16.8. The molecular weight excluding hydrogens is 289 g/mol. The van der Waals surface area contributed by atoms with Gasteiger partial charge in [-0.2, -0.15) is 0 Å². The fraction of sp³-hybridized carbons (Fsp3) is 0.200. The molecule has 0 unspecified atom stereocenters. The number of benzene rings is 2. The summed E-state index contributed by atoms with van der Waals surface area (Å²) in [4.78, 5) is 19.1. The smallest absolute Gasteiger partial charge is 0.346 e.